The first kappa shape index (κ1) is 9.58. The third-order valence-corrected chi connectivity index (χ3v) is 2.99. The minimum absolute atomic E-state index is 0.206. The number of aromatic nitrogens is 2. The maximum Gasteiger partial charge on any atom is 0.123 e. The lowest BCUT2D eigenvalue weighted by molar-refractivity contribution is 0.628. The van der Waals surface area contributed by atoms with Crippen LogP contribution in [0.4, 0.5) is 4.39 Å². The van der Waals surface area contributed by atoms with Gasteiger partial charge in [-0.15, -0.1) is 0 Å². The summed E-state index contributed by atoms with van der Waals surface area (Å²) in [5, 5.41) is 0. The van der Waals surface area contributed by atoms with E-state index in [4.69, 9.17) is 0 Å². The molecular formula is C13H13FN2. The van der Waals surface area contributed by atoms with Crippen LogP contribution in [0.25, 0.3) is 11.3 Å². The van der Waals surface area contributed by atoms with E-state index in [2.05, 4.69) is 9.55 Å². The summed E-state index contributed by atoms with van der Waals surface area (Å²) in [6.07, 6.45) is 4.50. The van der Waals surface area contributed by atoms with Gasteiger partial charge in [-0.05, 0) is 37.1 Å². The Morgan fingerprint density at radius 3 is 2.56 bits per heavy atom. The Kier molecular flexibility index (Phi) is 2.06. The Bertz CT molecular complexity index is 509. The first-order valence-electron chi connectivity index (χ1n) is 5.53. The Morgan fingerprint density at radius 1 is 1.25 bits per heavy atom. The van der Waals surface area contributed by atoms with E-state index >= 15 is 0 Å². The van der Waals surface area contributed by atoms with Crippen LogP contribution >= 0.6 is 0 Å². The van der Waals surface area contributed by atoms with Crippen molar-refractivity contribution in [3.63, 3.8) is 0 Å². The first-order valence-corrected chi connectivity index (χ1v) is 5.53. The number of hydrogen-bond acceptors (Lipinski definition) is 1. The molecule has 0 N–H and O–H groups in total. The van der Waals surface area contributed by atoms with Crippen LogP contribution in [-0.4, -0.2) is 9.55 Å². The largest absolute Gasteiger partial charge is 0.337 e. The quantitative estimate of drug-likeness (QED) is 0.754. The molecule has 0 spiro atoms. The Labute approximate surface area is 93.7 Å². The predicted octanol–water partition coefficient (Wildman–Crippen LogP) is 3.10. The van der Waals surface area contributed by atoms with Crippen molar-refractivity contribution in [2.24, 2.45) is 7.05 Å². The second kappa shape index (κ2) is 3.44. The molecule has 1 aliphatic rings. The van der Waals surface area contributed by atoms with Crippen molar-refractivity contribution in [3.8, 4) is 11.3 Å². The second-order valence-electron chi connectivity index (χ2n) is 4.38. The number of hydrogen-bond donors (Lipinski definition) is 0. The van der Waals surface area contributed by atoms with Crippen LogP contribution in [0.15, 0.2) is 30.5 Å². The maximum atomic E-state index is 12.8. The van der Waals surface area contributed by atoms with Crippen LogP contribution in [0, 0.1) is 5.82 Å². The Balaban J connectivity index is 1.99. The molecule has 1 saturated carbocycles. The van der Waals surface area contributed by atoms with Gasteiger partial charge in [-0.25, -0.2) is 9.37 Å². The van der Waals surface area contributed by atoms with Crippen molar-refractivity contribution in [2.75, 3.05) is 0 Å². The molecule has 0 atom stereocenters. The van der Waals surface area contributed by atoms with E-state index < -0.39 is 0 Å². The number of imidazole rings is 1. The topological polar surface area (TPSA) is 17.8 Å². The molecule has 3 heteroatoms. The molecule has 1 heterocycles. The van der Waals surface area contributed by atoms with Gasteiger partial charge in [-0.1, -0.05) is 0 Å². The Morgan fingerprint density at radius 2 is 1.94 bits per heavy atom. The molecule has 0 amide bonds. The predicted molar refractivity (Wildman–Crippen MR) is 60.6 cm³/mol. The van der Waals surface area contributed by atoms with Gasteiger partial charge < -0.3 is 4.57 Å². The number of benzene rings is 1. The molecule has 0 radical (unpaired) electrons. The highest BCUT2D eigenvalue weighted by atomic mass is 19.1. The van der Waals surface area contributed by atoms with Gasteiger partial charge in [0, 0.05) is 24.7 Å². The second-order valence-corrected chi connectivity index (χ2v) is 4.38. The fourth-order valence-electron chi connectivity index (χ4n) is 1.96. The lowest BCUT2D eigenvalue weighted by atomic mass is 10.2. The lowest BCUT2D eigenvalue weighted by Gasteiger charge is -1.95. The van der Waals surface area contributed by atoms with Gasteiger partial charge in [0.05, 0.1) is 5.69 Å². The molecule has 0 aliphatic heterocycles. The molecule has 1 fully saturated rings. The van der Waals surface area contributed by atoms with E-state index in [9.17, 15) is 4.39 Å². The summed E-state index contributed by atoms with van der Waals surface area (Å²) in [5.74, 6) is 1.58. The van der Waals surface area contributed by atoms with Crippen molar-refractivity contribution in [1.29, 1.82) is 0 Å². The highest BCUT2D eigenvalue weighted by Gasteiger charge is 2.28. The third-order valence-electron chi connectivity index (χ3n) is 2.99. The molecule has 0 unspecified atom stereocenters. The fourth-order valence-corrected chi connectivity index (χ4v) is 1.96. The van der Waals surface area contributed by atoms with Gasteiger partial charge in [0.15, 0.2) is 0 Å². The van der Waals surface area contributed by atoms with E-state index in [-0.39, 0.29) is 5.82 Å². The zero-order chi connectivity index (χ0) is 11.1. The molecule has 1 aromatic carbocycles. The fraction of sp³-hybridized carbons (Fsp3) is 0.308. The van der Waals surface area contributed by atoms with Gasteiger partial charge in [-0.3, -0.25) is 0 Å². The van der Waals surface area contributed by atoms with Gasteiger partial charge in [0.25, 0.3) is 0 Å². The molecule has 0 bridgehead atoms. The van der Waals surface area contributed by atoms with E-state index in [1.54, 1.807) is 12.1 Å². The highest BCUT2D eigenvalue weighted by Crippen LogP contribution is 2.39. The third kappa shape index (κ3) is 1.62. The van der Waals surface area contributed by atoms with Crippen LogP contribution in [0.1, 0.15) is 24.6 Å². The molecule has 3 rings (SSSR count). The average Bonchev–Trinajstić information content (AvgIpc) is 3.04. The molecule has 0 saturated heterocycles. The Hall–Kier alpha value is -1.64. The molecule has 1 aliphatic carbocycles. The van der Waals surface area contributed by atoms with E-state index in [0.29, 0.717) is 5.92 Å². The van der Waals surface area contributed by atoms with Crippen LogP contribution in [0.5, 0.6) is 0 Å². The van der Waals surface area contributed by atoms with E-state index in [1.807, 2.05) is 13.2 Å². The maximum absolute atomic E-state index is 12.8. The van der Waals surface area contributed by atoms with Crippen molar-refractivity contribution >= 4 is 0 Å². The van der Waals surface area contributed by atoms with Crippen molar-refractivity contribution < 1.29 is 4.39 Å². The molecule has 2 nitrogen and oxygen atoms in total. The van der Waals surface area contributed by atoms with Gasteiger partial charge in [-0.2, -0.15) is 0 Å². The summed E-state index contributed by atoms with van der Waals surface area (Å²) in [5.41, 5.74) is 1.91. The summed E-state index contributed by atoms with van der Waals surface area (Å²) >= 11 is 0. The summed E-state index contributed by atoms with van der Waals surface area (Å²) in [6.45, 7) is 0. The van der Waals surface area contributed by atoms with Crippen LogP contribution in [-0.2, 0) is 7.05 Å². The average molecular weight is 216 g/mol. The summed E-state index contributed by atoms with van der Waals surface area (Å²) in [6, 6.07) is 6.49. The van der Waals surface area contributed by atoms with Crippen LogP contribution < -0.4 is 0 Å². The highest BCUT2D eigenvalue weighted by molar-refractivity contribution is 5.58. The monoisotopic (exact) mass is 216 g/mol. The molecule has 2 aromatic rings. The summed E-state index contributed by atoms with van der Waals surface area (Å²) < 4.78 is 14.9. The number of rotatable bonds is 2. The van der Waals surface area contributed by atoms with Crippen LogP contribution in [0.3, 0.4) is 0 Å². The van der Waals surface area contributed by atoms with Crippen LogP contribution in [0.2, 0.25) is 0 Å². The van der Waals surface area contributed by atoms with Crippen molar-refractivity contribution in [3.05, 3.63) is 42.1 Å². The summed E-state index contributed by atoms with van der Waals surface area (Å²) in [4.78, 5) is 4.61. The van der Waals surface area contributed by atoms with E-state index in [1.165, 1.54) is 25.0 Å². The molecule has 1 aromatic heterocycles. The number of halogens is 1. The van der Waals surface area contributed by atoms with Gasteiger partial charge >= 0.3 is 0 Å². The minimum atomic E-state index is -0.206. The first-order chi connectivity index (χ1) is 7.74. The van der Waals surface area contributed by atoms with E-state index in [0.717, 1.165) is 17.1 Å². The van der Waals surface area contributed by atoms with Crippen molar-refractivity contribution in [2.45, 2.75) is 18.8 Å². The molecule has 82 valence electrons. The number of nitrogens with zero attached hydrogens (tertiary/aromatic N) is 2. The van der Waals surface area contributed by atoms with Gasteiger partial charge in [0.2, 0.25) is 0 Å². The zero-order valence-electron chi connectivity index (χ0n) is 9.15. The standard InChI is InChI=1S/C13H13FN2/c1-16-8-12(15-13(16)10-2-3-10)9-4-6-11(14)7-5-9/h4-8,10H,2-3H2,1H3. The van der Waals surface area contributed by atoms with Gasteiger partial charge in [0.1, 0.15) is 11.6 Å². The summed E-state index contributed by atoms with van der Waals surface area (Å²) in [7, 11) is 2.02. The molecular weight excluding hydrogens is 203 g/mol. The number of aryl methyl sites for hydroxylation is 1. The normalized spacial score (nSPS) is 15.4. The SMILES string of the molecule is Cn1cc(-c2ccc(F)cc2)nc1C1CC1. The lowest BCUT2D eigenvalue weighted by Crippen LogP contribution is -1.93. The van der Waals surface area contributed by atoms with Crippen molar-refractivity contribution in [1.82, 2.24) is 9.55 Å². The smallest absolute Gasteiger partial charge is 0.123 e. The zero-order valence-corrected chi connectivity index (χ0v) is 9.15. The molecule has 16 heavy (non-hydrogen) atoms. The minimum Gasteiger partial charge on any atom is -0.337 e.